The molecular weight excluding hydrogens is 436 g/mol. The van der Waals surface area contributed by atoms with Crippen molar-refractivity contribution in [3.05, 3.63) is 35.4 Å². The van der Waals surface area contributed by atoms with Crippen LogP contribution < -0.4 is 10.6 Å². The Morgan fingerprint density at radius 1 is 0.939 bits per heavy atom. The Balaban J connectivity index is 0. The van der Waals surface area contributed by atoms with Crippen LogP contribution in [-0.2, 0) is 19.1 Å². The van der Waals surface area contributed by atoms with Gasteiger partial charge < -0.3 is 30.7 Å². The number of carboxylic acid groups (broad SMARTS) is 3. The first kappa shape index (κ1) is 31.6. The van der Waals surface area contributed by atoms with Gasteiger partial charge in [-0.05, 0) is 25.5 Å². The molecule has 1 rings (SSSR count). The summed E-state index contributed by atoms with van der Waals surface area (Å²) >= 11 is 0. The summed E-state index contributed by atoms with van der Waals surface area (Å²) in [5, 5.41) is 29.8. The third-order valence-electron chi connectivity index (χ3n) is 3.66. The first-order valence-electron chi connectivity index (χ1n) is 10.5. The normalized spacial score (nSPS) is 10.2. The number of hydrogen-bond acceptors (Lipinski definition) is 6. The number of aryl methyl sites for hydroxylation is 1. The van der Waals surface area contributed by atoms with Crippen molar-refractivity contribution >= 4 is 29.9 Å². The largest absolute Gasteiger partial charge is 0.481 e. The Bertz CT molecular complexity index is 749. The topological polar surface area (TPSA) is 179 Å². The molecule has 33 heavy (non-hydrogen) atoms. The second-order valence-electron chi connectivity index (χ2n) is 6.39. The Morgan fingerprint density at radius 3 is 1.97 bits per heavy atom. The monoisotopic (exact) mass is 470 g/mol. The van der Waals surface area contributed by atoms with Crippen molar-refractivity contribution in [1.29, 1.82) is 0 Å². The van der Waals surface area contributed by atoms with Crippen molar-refractivity contribution in [3.8, 4) is 0 Å². The molecule has 5 N–H and O–H groups in total. The number of benzene rings is 1. The van der Waals surface area contributed by atoms with Gasteiger partial charge in [0.2, 0.25) is 6.10 Å². The van der Waals surface area contributed by atoms with E-state index in [0.29, 0.717) is 0 Å². The van der Waals surface area contributed by atoms with E-state index in [1.54, 1.807) is 5.32 Å². The number of alkyl carbamates (subject to hydrolysis) is 1. The van der Waals surface area contributed by atoms with Crippen molar-refractivity contribution in [1.82, 2.24) is 10.6 Å². The molecule has 11 nitrogen and oxygen atoms in total. The zero-order valence-electron chi connectivity index (χ0n) is 19.4. The SMILES string of the molecule is CC.CCCCNC(=O)c1ccc(C)cc1.O=C(O)CCC(OC(=O)NCC(=O)O)C(=O)O. The van der Waals surface area contributed by atoms with Gasteiger partial charge in [-0.1, -0.05) is 44.9 Å². The van der Waals surface area contributed by atoms with Crippen LogP contribution in [-0.4, -0.2) is 64.4 Å². The van der Waals surface area contributed by atoms with Gasteiger partial charge in [-0.15, -0.1) is 0 Å². The van der Waals surface area contributed by atoms with Gasteiger partial charge >= 0.3 is 24.0 Å². The van der Waals surface area contributed by atoms with E-state index in [1.165, 1.54) is 5.56 Å². The molecule has 0 spiro atoms. The smallest absolute Gasteiger partial charge is 0.408 e. The lowest BCUT2D eigenvalue weighted by Crippen LogP contribution is -2.36. The highest BCUT2D eigenvalue weighted by Crippen LogP contribution is 2.04. The minimum Gasteiger partial charge on any atom is -0.481 e. The number of carboxylic acids is 3. The summed E-state index contributed by atoms with van der Waals surface area (Å²) in [6, 6.07) is 7.62. The van der Waals surface area contributed by atoms with Crippen LogP contribution in [0.15, 0.2) is 24.3 Å². The summed E-state index contributed by atoms with van der Waals surface area (Å²) in [4.78, 5) is 53.3. The van der Waals surface area contributed by atoms with E-state index in [2.05, 4.69) is 17.0 Å². The molecule has 0 bridgehead atoms. The number of unbranched alkanes of at least 4 members (excludes halogenated alkanes) is 1. The Labute approximate surface area is 193 Å². The Hall–Kier alpha value is -3.63. The van der Waals surface area contributed by atoms with Crippen LogP contribution in [0.25, 0.3) is 0 Å². The van der Waals surface area contributed by atoms with E-state index < -0.39 is 49.5 Å². The van der Waals surface area contributed by atoms with Gasteiger partial charge in [0.15, 0.2) is 0 Å². The lowest BCUT2D eigenvalue weighted by molar-refractivity contribution is -0.148. The molecule has 0 aliphatic carbocycles. The second-order valence-corrected chi connectivity index (χ2v) is 6.39. The third kappa shape index (κ3) is 17.7. The van der Waals surface area contributed by atoms with Gasteiger partial charge in [-0.3, -0.25) is 14.4 Å². The van der Waals surface area contributed by atoms with E-state index in [-0.39, 0.29) is 5.91 Å². The summed E-state index contributed by atoms with van der Waals surface area (Å²) in [6.45, 7) is 8.17. The van der Waals surface area contributed by atoms with Crippen molar-refractivity contribution in [2.24, 2.45) is 0 Å². The maximum absolute atomic E-state index is 11.5. The molecule has 1 unspecified atom stereocenters. The first-order chi connectivity index (χ1) is 15.6. The van der Waals surface area contributed by atoms with Crippen LogP contribution in [0.4, 0.5) is 4.79 Å². The molecule has 0 heterocycles. The van der Waals surface area contributed by atoms with Crippen LogP contribution in [0.1, 0.15) is 62.4 Å². The van der Waals surface area contributed by atoms with Crippen molar-refractivity contribution in [2.45, 2.75) is 59.5 Å². The molecule has 0 fully saturated rings. The van der Waals surface area contributed by atoms with Gasteiger partial charge in [0.1, 0.15) is 6.54 Å². The lowest BCUT2D eigenvalue weighted by atomic mass is 10.1. The highest BCUT2D eigenvalue weighted by molar-refractivity contribution is 5.94. The molecule has 0 aliphatic rings. The van der Waals surface area contributed by atoms with Crippen LogP contribution in [0.2, 0.25) is 0 Å². The van der Waals surface area contributed by atoms with E-state index in [0.717, 1.165) is 24.9 Å². The van der Waals surface area contributed by atoms with Gasteiger partial charge in [0, 0.05) is 24.9 Å². The number of ether oxygens (including phenoxy) is 1. The maximum Gasteiger partial charge on any atom is 0.408 e. The lowest BCUT2D eigenvalue weighted by Gasteiger charge is -2.12. The van der Waals surface area contributed by atoms with Crippen molar-refractivity contribution in [3.63, 3.8) is 0 Å². The number of amides is 2. The van der Waals surface area contributed by atoms with E-state index >= 15 is 0 Å². The zero-order valence-corrected chi connectivity index (χ0v) is 19.4. The summed E-state index contributed by atoms with van der Waals surface area (Å²) < 4.78 is 4.34. The molecule has 0 aromatic heterocycles. The molecule has 0 aliphatic heterocycles. The molecule has 2 amide bonds. The quantitative estimate of drug-likeness (QED) is 0.304. The highest BCUT2D eigenvalue weighted by atomic mass is 16.6. The number of aliphatic carboxylic acids is 3. The number of hydrogen-bond donors (Lipinski definition) is 5. The Kier molecular flexibility index (Phi) is 18.2. The van der Waals surface area contributed by atoms with Crippen LogP contribution in [0.3, 0.4) is 0 Å². The molecule has 0 saturated carbocycles. The first-order valence-corrected chi connectivity index (χ1v) is 10.5. The van der Waals surface area contributed by atoms with Crippen molar-refractivity contribution in [2.75, 3.05) is 13.1 Å². The number of rotatable bonds is 11. The molecule has 1 aromatic rings. The van der Waals surface area contributed by atoms with Crippen LogP contribution >= 0.6 is 0 Å². The third-order valence-corrected chi connectivity index (χ3v) is 3.66. The van der Waals surface area contributed by atoms with E-state index in [4.69, 9.17) is 15.3 Å². The van der Waals surface area contributed by atoms with E-state index in [1.807, 2.05) is 45.0 Å². The molecule has 0 radical (unpaired) electrons. The zero-order chi connectivity index (χ0) is 25.8. The number of nitrogens with one attached hydrogen (secondary N) is 2. The molecule has 11 heteroatoms. The molecule has 1 atom stereocenters. The predicted molar refractivity (Wildman–Crippen MR) is 120 cm³/mol. The fraction of sp³-hybridized carbons (Fsp3) is 0.500. The minimum absolute atomic E-state index is 0.0263. The summed E-state index contributed by atoms with van der Waals surface area (Å²) in [6.07, 6.45) is -1.59. The summed E-state index contributed by atoms with van der Waals surface area (Å²) in [7, 11) is 0. The molecule has 186 valence electrons. The fourth-order valence-electron chi connectivity index (χ4n) is 1.99. The summed E-state index contributed by atoms with van der Waals surface area (Å²) in [5.74, 6) is -4.03. The number of carbonyl (C=O) groups excluding carboxylic acids is 2. The van der Waals surface area contributed by atoms with Gasteiger partial charge in [-0.25, -0.2) is 9.59 Å². The minimum atomic E-state index is -1.63. The fourth-order valence-corrected chi connectivity index (χ4v) is 1.99. The second kappa shape index (κ2) is 19.1. The maximum atomic E-state index is 11.5. The number of carbonyl (C=O) groups is 5. The standard InChI is InChI=1S/C12H17NO.C8H11NO8.C2H6/c1-3-4-9-13-12(14)11-7-5-10(2)6-8-11;10-5(11)2-1-4(7(14)15)17-8(16)9-3-6(12)13;1-2/h5-8H,3-4,9H2,1-2H3,(H,13,14);4H,1-3H2,(H,9,16)(H,10,11)(H,12,13)(H,14,15);1-2H3. The highest BCUT2D eigenvalue weighted by Gasteiger charge is 2.23. The molecule has 0 saturated heterocycles. The van der Waals surface area contributed by atoms with Gasteiger partial charge in [0.05, 0.1) is 0 Å². The van der Waals surface area contributed by atoms with Gasteiger partial charge in [-0.2, -0.15) is 0 Å². The van der Waals surface area contributed by atoms with E-state index in [9.17, 15) is 24.0 Å². The predicted octanol–water partition coefficient (Wildman–Crippen LogP) is 2.67. The Morgan fingerprint density at radius 2 is 1.52 bits per heavy atom. The van der Waals surface area contributed by atoms with Gasteiger partial charge in [0.25, 0.3) is 5.91 Å². The molecule has 1 aromatic carbocycles. The van der Waals surface area contributed by atoms with Crippen LogP contribution in [0, 0.1) is 6.92 Å². The molecular formula is C22H34N2O9. The van der Waals surface area contributed by atoms with Crippen molar-refractivity contribution < 1.29 is 44.0 Å². The average molecular weight is 471 g/mol. The summed E-state index contributed by atoms with van der Waals surface area (Å²) in [5.41, 5.74) is 1.92. The van der Waals surface area contributed by atoms with Crippen LogP contribution in [0.5, 0.6) is 0 Å². The average Bonchev–Trinajstić information content (AvgIpc) is 2.77.